The van der Waals surface area contributed by atoms with E-state index >= 15 is 0 Å². The first-order valence-electron chi connectivity index (χ1n) is 13.4. The second-order valence-corrected chi connectivity index (χ2v) is 10.6. The van der Waals surface area contributed by atoms with Gasteiger partial charge >= 0.3 is 6.01 Å². The Morgan fingerprint density at radius 1 is 0.929 bits per heavy atom. The van der Waals surface area contributed by atoms with E-state index in [2.05, 4.69) is 25.7 Å². The molecule has 1 saturated heterocycles. The maximum Gasteiger partial charge on any atom is 0.317 e. The van der Waals surface area contributed by atoms with Gasteiger partial charge in [-0.3, -0.25) is 4.79 Å². The zero-order valence-electron chi connectivity index (χ0n) is 22.2. The van der Waals surface area contributed by atoms with Crippen molar-refractivity contribution in [2.45, 2.75) is 6.17 Å². The van der Waals surface area contributed by atoms with Crippen molar-refractivity contribution < 1.29 is 18.3 Å². The van der Waals surface area contributed by atoms with Gasteiger partial charge in [-0.2, -0.15) is 0 Å². The van der Waals surface area contributed by atoms with Crippen LogP contribution in [-0.2, 0) is 9.53 Å². The van der Waals surface area contributed by atoms with E-state index in [1.165, 1.54) is 23.5 Å². The lowest BCUT2D eigenvalue weighted by Gasteiger charge is -2.27. The number of morpholine rings is 1. The number of carbonyl (C=O) groups is 1. The fraction of sp³-hybridized carbons (Fsp3) is 0.167. The van der Waals surface area contributed by atoms with Crippen molar-refractivity contribution >= 4 is 39.7 Å². The second kappa shape index (κ2) is 11.1. The Labute approximate surface area is 243 Å². The molecular formula is C30H24FN7O3S. The standard InChI is InChI=1S/C30H24FN7O3S/c31-20-12-10-19(11-13-20)28-34-24(29(42-28)38-14-16-40-17-15-38)27-36-37-30(41-27)35-25-26(39)32-22-9-5-4-8-21(22)23(33-25)18-6-2-1-3-7-18/h1-13,25H,14-17H2,(H,32,39)(H,35,37). The molecular weight excluding hydrogens is 557 g/mol. The van der Waals surface area contributed by atoms with E-state index in [0.717, 1.165) is 21.7 Å². The van der Waals surface area contributed by atoms with Gasteiger partial charge in [0.15, 0.2) is 5.69 Å². The number of ether oxygens (including phenoxy) is 1. The van der Waals surface area contributed by atoms with Crippen molar-refractivity contribution in [3.05, 3.63) is 95.8 Å². The molecule has 4 heterocycles. The summed E-state index contributed by atoms with van der Waals surface area (Å²) < 4.78 is 25.1. The Bertz CT molecular complexity index is 1770. The van der Waals surface area contributed by atoms with E-state index < -0.39 is 6.17 Å². The number of rotatable bonds is 6. The third-order valence-corrected chi connectivity index (χ3v) is 8.05. The average molecular weight is 582 g/mol. The number of para-hydroxylation sites is 1. The summed E-state index contributed by atoms with van der Waals surface area (Å²) in [5.74, 6) is -0.497. The highest BCUT2D eigenvalue weighted by Crippen LogP contribution is 2.40. The van der Waals surface area contributed by atoms with E-state index in [9.17, 15) is 9.18 Å². The van der Waals surface area contributed by atoms with Gasteiger partial charge in [-0.25, -0.2) is 14.4 Å². The van der Waals surface area contributed by atoms with Crippen LogP contribution in [0.4, 0.5) is 21.1 Å². The summed E-state index contributed by atoms with van der Waals surface area (Å²) in [5, 5.41) is 15.9. The molecule has 10 nitrogen and oxygen atoms in total. The molecule has 1 unspecified atom stereocenters. The first-order valence-corrected chi connectivity index (χ1v) is 14.2. The van der Waals surface area contributed by atoms with Gasteiger partial charge in [-0.1, -0.05) is 65.0 Å². The maximum atomic E-state index is 13.6. The van der Waals surface area contributed by atoms with Gasteiger partial charge in [-0.15, -0.1) is 5.10 Å². The number of nitrogens with one attached hydrogen (secondary N) is 2. The number of hydrogen-bond acceptors (Lipinski definition) is 10. The molecule has 210 valence electrons. The van der Waals surface area contributed by atoms with E-state index in [-0.39, 0.29) is 23.6 Å². The molecule has 0 radical (unpaired) electrons. The van der Waals surface area contributed by atoms with Gasteiger partial charge in [0, 0.05) is 29.8 Å². The first kappa shape index (κ1) is 26.0. The monoisotopic (exact) mass is 581 g/mol. The molecule has 12 heteroatoms. The Hall–Kier alpha value is -4.94. The summed E-state index contributed by atoms with van der Waals surface area (Å²) in [4.78, 5) is 25.0. The molecule has 0 aliphatic carbocycles. The van der Waals surface area contributed by atoms with Crippen molar-refractivity contribution in [2.75, 3.05) is 41.8 Å². The Balaban J connectivity index is 1.22. The van der Waals surface area contributed by atoms with Crippen LogP contribution in [0.5, 0.6) is 0 Å². The molecule has 1 fully saturated rings. The van der Waals surface area contributed by atoms with Crippen LogP contribution in [0, 0.1) is 5.82 Å². The molecule has 1 amide bonds. The smallest absolute Gasteiger partial charge is 0.317 e. The molecule has 0 spiro atoms. The number of aliphatic imine (C=N–C) groups is 1. The molecule has 0 saturated carbocycles. The number of aromatic nitrogens is 3. The van der Waals surface area contributed by atoms with Crippen LogP contribution >= 0.6 is 11.3 Å². The minimum Gasteiger partial charge on any atom is -0.402 e. The fourth-order valence-electron chi connectivity index (χ4n) is 4.82. The van der Waals surface area contributed by atoms with Crippen LogP contribution in [-0.4, -0.2) is 59.3 Å². The quantitative estimate of drug-likeness (QED) is 0.286. The minimum absolute atomic E-state index is 0.0246. The zero-order chi connectivity index (χ0) is 28.5. The van der Waals surface area contributed by atoms with Gasteiger partial charge in [0.1, 0.15) is 15.8 Å². The van der Waals surface area contributed by atoms with Crippen molar-refractivity contribution in [1.29, 1.82) is 0 Å². The Morgan fingerprint density at radius 2 is 1.69 bits per heavy atom. The van der Waals surface area contributed by atoms with Gasteiger partial charge in [0.25, 0.3) is 11.8 Å². The van der Waals surface area contributed by atoms with Crippen LogP contribution in [0.1, 0.15) is 11.1 Å². The molecule has 1 atom stereocenters. The summed E-state index contributed by atoms with van der Waals surface area (Å²) in [7, 11) is 0. The predicted octanol–water partition coefficient (Wildman–Crippen LogP) is 5.06. The molecule has 2 aliphatic rings. The lowest BCUT2D eigenvalue weighted by Crippen LogP contribution is -2.35. The van der Waals surface area contributed by atoms with Gasteiger partial charge in [0.2, 0.25) is 6.17 Å². The minimum atomic E-state index is -1.04. The summed E-state index contributed by atoms with van der Waals surface area (Å²) in [6.45, 7) is 2.52. The SMILES string of the molecule is O=C1Nc2ccccc2C(c2ccccc2)=NC1Nc1nnc(-c2nc(-c3ccc(F)cc3)sc2N2CCOCC2)o1. The molecule has 7 rings (SSSR count). The van der Waals surface area contributed by atoms with E-state index in [1.807, 2.05) is 54.6 Å². The third kappa shape index (κ3) is 5.13. The van der Waals surface area contributed by atoms with Crippen LogP contribution in [0.2, 0.25) is 0 Å². The number of benzodiazepines with no additional fused rings is 1. The average Bonchev–Trinajstić information content (AvgIpc) is 3.65. The highest BCUT2D eigenvalue weighted by Gasteiger charge is 2.29. The summed E-state index contributed by atoms with van der Waals surface area (Å²) in [6.07, 6.45) is -1.04. The molecule has 0 bridgehead atoms. The van der Waals surface area contributed by atoms with Crippen molar-refractivity contribution in [1.82, 2.24) is 15.2 Å². The fourth-order valence-corrected chi connectivity index (χ4v) is 5.94. The van der Waals surface area contributed by atoms with Crippen molar-refractivity contribution in [3.63, 3.8) is 0 Å². The number of anilines is 3. The number of benzene rings is 3. The van der Waals surface area contributed by atoms with Crippen LogP contribution in [0.25, 0.3) is 22.2 Å². The third-order valence-electron chi connectivity index (χ3n) is 6.88. The number of fused-ring (bicyclic) bond motifs is 1. The number of carbonyl (C=O) groups excluding carboxylic acids is 1. The highest BCUT2D eigenvalue weighted by molar-refractivity contribution is 7.19. The van der Waals surface area contributed by atoms with E-state index in [4.69, 9.17) is 19.1 Å². The second-order valence-electron chi connectivity index (χ2n) is 9.62. The molecule has 3 aromatic carbocycles. The Morgan fingerprint density at radius 3 is 2.50 bits per heavy atom. The van der Waals surface area contributed by atoms with Gasteiger partial charge in [0.05, 0.1) is 24.6 Å². The topological polar surface area (TPSA) is 118 Å². The molecule has 2 aromatic heterocycles. The van der Waals surface area contributed by atoms with Gasteiger partial charge in [-0.05, 0) is 30.3 Å². The number of hydrogen-bond donors (Lipinski definition) is 2. The van der Waals surface area contributed by atoms with Crippen LogP contribution in [0.15, 0.2) is 88.3 Å². The molecule has 5 aromatic rings. The molecule has 2 N–H and O–H groups in total. The van der Waals surface area contributed by atoms with Crippen molar-refractivity contribution in [2.24, 2.45) is 4.99 Å². The summed E-state index contributed by atoms with van der Waals surface area (Å²) in [6, 6.07) is 23.4. The largest absolute Gasteiger partial charge is 0.402 e. The van der Waals surface area contributed by atoms with Gasteiger partial charge < -0.3 is 24.7 Å². The molecule has 42 heavy (non-hydrogen) atoms. The summed E-state index contributed by atoms with van der Waals surface area (Å²) in [5.41, 5.74) is 4.26. The molecule has 2 aliphatic heterocycles. The number of halogens is 1. The van der Waals surface area contributed by atoms with Crippen LogP contribution in [0.3, 0.4) is 0 Å². The van der Waals surface area contributed by atoms with E-state index in [0.29, 0.717) is 48.4 Å². The number of amides is 1. The van der Waals surface area contributed by atoms with E-state index in [1.54, 1.807) is 12.1 Å². The highest BCUT2D eigenvalue weighted by atomic mass is 32.1. The zero-order valence-corrected chi connectivity index (χ0v) is 23.0. The lowest BCUT2D eigenvalue weighted by molar-refractivity contribution is -0.116. The normalized spacial score (nSPS) is 16.8. The first-order chi connectivity index (χ1) is 20.6. The lowest BCUT2D eigenvalue weighted by atomic mass is 10.0. The number of nitrogens with zero attached hydrogens (tertiary/aromatic N) is 5. The Kier molecular flexibility index (Phi) is 6.90. The summed E-state index contributed by atoms with van der Waals surface area (Å²) >= 11 is 1.46. The number of thiazole rings is 1. The maximum absolute atomic E-state index is 13.6. The van der Waals surface area contributed by atoms with Crippen LogP contribution < -0.4 is 15.5 Å². The van der Waals surface area contributed by atoms with Crippen molar-refractivity contribution in [3.8, 4) is 22.2 Å². The predicted molar refractivity (Wildman–Crippen MR) is 158 cm³/mol.